The first kappa shape index (κ1) is 19.2. The molecule has 4 aliphatic rings. The fraction of sp³-hybridized carbons (Fsp3) is 0.375. The molecule has 0 bridgehead atoms. The molecule has 4 aliphatic heterocycles. The minimum Gasteiger partial charge on any atom is -0.324 e. The second-order valence-corrected chi connectivity index (χ2v) is 9.95. The highest BCUT2D eigenvalue weighted by Crippen LogP contribution is 2.61. The van der Waals surface area contributed by atoms with Gasteiger partial charge >= 0.3 is 0 Å². The van der Waals surface area contributed by atoms with Crippen molar-refractivity contribution < 1.29 is 14.4 Å². The van der Waals surface area contributed by atoms with Gasteiger partial charge in [0.15, 0.2) is 0 Å². The smallest absolute Gasteiger partial charge is 0.250 e. The highest BCUT2D eigenvalue weighted by molar-refractivity contribution is 9.10. The van der Waals surface area contributed by atoms with Gasteiger partial charge < -0.3 is 5.32 Å². The van der Waals surface area contributed by atoms with Crippen molar-refractivity contribution in [2.45, 2.75) is 38.3 Å². The molecule has 0 aliphatic carbocycles. The zero-order valence-electron chi connectivity index (χ0n) is 17.3. The number of para-hydroxylation sites is 1. The largest absolute Gasteiger partial charge is 0.324 e. The molecule has 1 spiro atoms. The number of hydrogen-bond acceptors (Lipinski definition) is 4. The molecule has 0 radical (unpaired) electrons. The predicted molar refractivity (Wildman–Crippen MR) is 120 cm³/mol. The van der Waals surface area contributed by atoms with E-state index in [9.17, 15) is 14.4 Å². The van der Waals surface area contributed by atoms with Gasteiger partial charge in [-0.05, 0) is 72.4 Å². The maximum atomic E-state index is 13.9. The van der Waals surface area contributed by atoms with Crippen LogP contribution in [0.25, 0.3) is 0 Å². The number of hydrogen-bond donors (Lipinski definition) is 1. The first-order chi connectivity index (χ1) is 14.9. The molecule has 4 heterocycles. The third kappa shape index (κ3) is 2.18. The lowest BCUT2D eigenvalue weighted by atomic mass is 9.75. The summed E-state index contributed by atoms with van der Waals surface area (Å²) in [5.74, 6) is -1.88. The Morgan fingerprint density at radius 2 is 1.90 bits per heavy atom. The van der Waals surface area contributed by atoms with Crippen molar-refractivity contribution in [3.63, 3.8) is 0 Å². The Kier molecular flexibility index (Phi) is 3.88. The number of nitrogens with one attached hydrogen (secondary N) is 1. The van der Waals surface area contributed by atoms with Gasteiger partial charge in [-0.15, -0.1) is 0 Å². The molecule has 0 saturated carbocycles. The standard InChI is InChI=1S/C24H22BrN3O3/c1-12-8-9-16(15(25)11-12)28-21(29)18-17-7-4-10-27(17)24(19(18)22(28)30)14-6-3-5-13(2)20(14)26-23(24)31/h3,5-6,8-9,11,17-19H,4,7,10H2,1-2H3,(H,26,31)/t17-,18+,19-,24+/m0/s1. The quantitative estimate of drug-likeness (QED) is 0.635. The van der Waals surface area contributed by atoms with Crippen LogP contribution in [0.2, 0.25) is 0 Å². The highest BCUT2D eigenvalue weighted by atomic mass is 79.9. The fourth-order valence-electron chi connectivity index (χ4n) is 6.41. The number of fused-ring (bicyclic) bond motifs is 7. The van der Waals surface area contributed by atoms with E-state index in [0.717, 1.165) is 35.2 Å². The Hall–Kier alpha value is -2.51. The van der Waals surface area contributed by atoms with E-state index < -0.39 is 17.4 Å². The van der Waals surface area contributed by atoms with Crippen LogP contribution in [-0.2, 0) is 19.9 Å². The van der Waals surface area contributed by atoms with Gasteiger partial charge in [-0.1, -0.05) is 24.3 Å². The van der Waals surface area contributed by atoms with Crippen LogP contribution in [0.4, 0.5) is 11.4 Å². The minimum atomic E-state index is -1.12. The molecule has 158 valence electrons. The first-order valence-electron chi connectivity index (χ1n) is 10.7. The summed E-state index contributed by atoms with van der Waals surface area (Å²) in [4.78, 5) is 44.8. The van der Waals surface area contributed by atoms with E-state index in [1.807, 2.05) is 50.2 Å². The lowest BCUT2D eigenvalue weighted by Crippen LogP contribution is -2.54. The zero-order valence-corrected chi connectivity index (χ0v) is 18.9. The summed E-state index contributed by atoms with van der Waals surface area (Å²) in [6, 6.07) is 11.3. The van der Waals surface area contributed by atoms with Gasteiger partial charge in [-0.3, -0.25) is 19.3 Å². The van der Waals surface area contributed by atoms with Crippen LogP contribution < -0.4 is 10.2 Å². The summed E-state index contributed by atoms with van der Waals surface area (Å²) in [5.41, 5.74) is 3.06. The maximum Gasteiger partial charge on any atom is 0.250 e. The molecule has 2 aromatic carbocycles. The second kappa shape index (κ2) is 6.26. The fourth-order valence-corrected chi connectivity index (χ4v) is 7.08. The Morgan fingerprint density at radius 1 is 1.10 bits per heavy atom. The molecule has 3 fully saturated rings. The molecule has 3 amide bonds. The van der Waals surface area contributed by atoms with Crippen molar-refractivity contribution in [1.82, 2.24) is 4.90 Å². The van der Waals surface area contributed by atoms with E-state index >= 15 is 0 Å². The van der Waals surface area contributed by atoms with E-state index in [1.165, 1.54) is 4.90 Å². The summed E-state index contributed by atoms with van der Waals surface area (Å²) in [6.45, 7) is 4.64. The van der Waals surface area contributed by atoms with Gasteiger partial charge in [-0.25, -0.2) is 4.90 Å². The van der Waals surface area contributed by atoms with E-state index in [0.29, 0.717) is 16.7 Å². The van der Waals surface area contributed by atoms with Crippen molar-refractivity contribution in [3.05, 3.63) is 57.6 Å². The van der Waals surface area contributed by atoms with Gasteiger partial charge in [0.25, 0.3) is 0 Å². The Labute approximate surface area is 188 Å². The average molecular weight is 480 g/mol. The number of aryl methyl sites for hydroxylation is 2. The van der Waals surface area contributed by atoms with Gasteiger partial charge in [0.05, 0.1) is 17.5 Å². The molecule has 1 N–H and O–H groups in total. The van der Waals surface area contributed by atoms with E-state index in [1.54, 1.807) is 0 Å². The van der Waals surface area contributed by atoms with Crippen LogP contribution in [0.1, 0.15) is 29.5 Å². The third-order valence-electron chi connectivity index (χ3n) is 7.58. The number of amides is 3. The van der Waals surface area contributed by atoms with Crippen molar-refractivity contribution in [2.24, 2.45) is 11.8 Å². The second-order valence-electron chi connectivity index (χ2n) is 9.09. The maximum absolute atomic E-state index is 13.9. The van der Waals surface area contributed by atoms with Crippen LogP contribution in [-0.4, -0.2) is 35.2 Å². The lowest BCUT2D eigenvalue weighted by Gasteiger charge is -2.36. The van der Waals surface area contributed by atoms with Gasteiger partial charge in [-0.2, -0.15) is 0 Å². The zero-order chi connectivity index (χ0) is 21.7. The monoisotopic (exact) mass is 479 g/mol. The van der Waals surface area contributed by atoms with Crippen LogP contribution in [0, 0.1) is 25.7 Å². The molecule has 0 aromatic heterocycles. The van der Waals surface area contributed by atoms with E-state index in [2.05, 4.69) is 26.1 Å². The summed E-state index contributed by atoms with van der Waals surface area (Å²) < 4.78 is 0.707. The van der Waals surface area contributed by atoms with Gasteiger partial charge in [0.2, 0.25) is 17.7 Å². The molecule has 6 rings (SSSR count). The molecule has 3 saturated heterocycles. The number of imide groups is 1. The van der Waals surface area contributed by atoms with Crippen molar-refractivity contribution >= 4 is 45.0 Å². The Bertz CT molecular complexity index is 1190. The minimum absolute atomic E-state index is 0.104. The van der Waals surface area contributed by atoms with Crippen LogP contribution in [0.3, 0.4) is 0 Å². The SMILES string of the molecule is Cc1ccc(N2C(=O)[C@H]3[C@@H](C2=O)[C@]2(C(=O)Nc4c(C)cccc42)N2CCC[C@@H]32)c(Br)c1. The molecule has 0 unspecified atom stereocenters. The molecular formula is C24H22BrN3O3. The number of benzene rings is 2. The van der Waals surface area contributed by atoms with Crippen LogP contribution in [0.5, 0.6) is 0 Å². The summed E-state index contributed by atoms with van der Waals surface area (Å²) >= 11 is 3.53. The van der Waals surface area contributed by atoms with E-state index in [4.69, 9.17) is 0 Å². The number of carbonyl (C=O) groups excluding carboxylic acids is 3. The number of halogens is 1. The Balaban J connectivity index is 1.57. The molecule has 7 heteroatoms. The molecule has 6 nitrogen and oxygen atoms in total. The molecular weight excluding hydrogens is 458 g/mol. The number of nitrogens with zero attached hydrogens (tertiary/aromatic N) is 2. The van der Waals surface area contributed by atoms with Gasteiger partial charge in [0.1, 0.15) is 5.54 Å². The molecule has 31 heavy (non-hydrogen) atoms. The van der Waals surface area contributed by atoms with Gasteiger partial charge in [0, 0.05) is 21.8 Å². The molecule has 4 atom stereocenters. The van der Waals surface area contributed by atoms with Crippen molar-refractivity contribution in [3.8, 4) is 0 Å². The highest BCUT2D eigenvalue weighted by Gasteiger charge is 2.74. The molecule has 2 aromatic rings. The summed E-state index contributed by atoms with van der Waals surface area (Å²) in [7, 11) is 0. The first-order valence-corrected chi connectivity index (χ1v) is 11.5. The average Bonchev–Trinajstić information content (AvgIpc) is 3.42. The Morgan fingerprint density at radius 3 is 2.68 bits per heavy atom. The number of anilines is 2. The summed E-state index contributed by atoms with van der Waals surface area (Å²) in [5, 5.41) is 3.06. The predicted octanol–water partition coefficient (Wildman–Crippen LogP) is 3.50. The van der Waals surface area contributed by atoms with Crippen molar-refractivity contribution in [1.29, 1.82) is 0 Å². The number of carbonyl (C=O) groups is 3. The lowest BCUT2D eigenvalue weighted by molar-refractivity contribution is -0.135. The van der Waals surface area contributed by atoms with Crippen molar-refractivity contribution in [2.75, 3.05) is 16.8 Å². The van der Waals surface area contributed by atoms with Crippen LogP contribution >= 0.6 is 15.9 Å². The van der Waals surface area contributed by atoms with E-state index in [-0.39, 0.29) is 23.8 Å². The van der Waals surface area contributed by atoms with Crippen LogP contribution in [0.15, 0.2) is 40.9 Å². The summed E-state index contributed by atoms with van der Waals surface area (Å²) in [6.07, 6.45) is 1.74. The number of rotatable bonds is 1. The topological polar surface area (TPSA) is 69.7 Å². The normalized spacial score (nSPS) is 31.4. The third-order valence-corrected chi connectivity index (χ3v) is 8.22.